The number of nitrogens with one attached hydrogen (secondary N) is 1. The molecule has 0 fully saturated rings. The van der Waals surface area contributed by atoms with Crippen LogP contribution in [0.5, 0.6) is 5.75 Å². The van der Waals surface area contributed by atoms with Crippen molar-refractivity contribution < 1.29 is 17.9 Å². The quantitative estimate of drug-likeness (QED) is 0.717. The van der Waals surface area contributed by atoms with E-state index < -0.39 is 16.1 Å². The summed E-state index contributed by atoms with van der Waals surface area (Å²) in [5.74, 6) is -0.126. The monoisotopic (exact) mass is 379 g/mol. The molecule has 0 radical (unpaired) electrons. The number of nitrogens with zero attached hydrogens (tertiary/aromatic N) is 1. The Bertz CT molecular complexity index is 646. The molecular formula is C15H26ClN3O4S. The number of rotatable bonds is 8. The van der Waals surface area contributed by atoms with Gasteiger partial charge in [0, 0.05) is 18.8 Å². The molecule has 0 aromatic heterocycles. The second kappa shape index (κ2) is 9.83. The van der Waals surface area contributed by atoms with E-state index in [0.29, 0.717) is 25.4 Å². The van der Waals surface area contributed by atoms with Gasteiger partial charge in [-0.25, -0.2) is 8.42 Å². The molecular weight excluding hydrogens is 354 g/mol. The predicted octanol–water partition coefficient (Wildman–Crippen LogP) is 1.82. The summed E-state index contributed by atoms with van der Waals surface area (Å²) in [5, 5.41) is 2.60. The van der Waals surface area contributed by atoms with Gasteiger partial charge in [-0.3, -0.25) is 4.79 Å². The van der Waals surface area contributed by atoms with E-state index in [2.05, 4.69) is 5.32 Å². The standard InChI is InChI=1S/C15H25N3O4S.ClH/c1-5-18(6-2)23(20,21)14-10-12(17-15(19)11(4)16)8-9-13(14)22-7-3;/h8-11H,5-7,16H2,1-4H3,(H,17,19);1H. The van der Waals surface area contributed by atoms with Crippen LogP contribution in [0.15, 0.2) is 23.1 Å². The Labute approximate surface area is 150 Å². The molecule has 1 rings (SSSR count). The molecule has 7 nitrogen and oxygen atoms in total. The van der Waals surface area contributed by atoms with Crippen LogP contribution in [0, 0.1) is 0 Å². The van der Waals surface area contributed by atoms with Gasteiger partial charge in [-0.15, -0.1) is 12.4 Å². The number of halogens is 1. The van der Waals surface area contributed by atoms with Crippen LogP contribution in [0.1, 0.15) is 27.7 Å². The fourth-order valence-corrected chi connectivity index (χ4v) is 3.64. The second-order valence-corrected chi connectivity index (χ2v) is 6.87. The summed E-state index contributed by atoms with van der Waals surface area (Å²) in [5.41, 5.74) is 5.88. The summed E-state index contributed by atoms with van der Waals surface area (Å²) in [6.07, 6.45) is 0. The Balaban J connectivity index is 0.00000529. The Kier molecular flexibility index (Phi) is 9.27. The van der Waals surface area contributed by atoms with E-state index in [0.717, 1.165) is 0 Å². The molecule has 0 aliphatic rings. The Morgan fingerprint density at radius 3 is 2.33 bits per heavy atom. The number of hydrogen-bond acceptors (Lipinski definition) is 5. The maximum absolute atomic E-state index is 12.8. The topological polar surface area (TPSA) is 102 Å². The molecule has 1 unspecified atom stereocenters. The van der Waals surface area contributed by atoms with Gasteiger partial charge >= 0.3 is 0 Å². The number of benzene rings is 1. The van der Waals surface area contributed by atoms with Gasteiger partial charge in [0.1, 0.15) is 10.6 Å². The molecule has 0 bridgehead atoms. The van der Waals surface area contributed by atoms with Crippen LogP contribution in [0.3, 0.4) is 0 Å². The zero-order chi connectivity index (χ0) is 17.6. The van der Waals surface area contributed by atoms with E-state index in [9.17, 15) is 13.2 Å². The summed E-state index contributed by atoms with van der Waals surface area (Å²) in [6, 6.07) is 3.84. The number of anilines is 1. The number of sulfonamides is 1. The van der Waals surface area contributed by atoms with Gasteiger partial charge in [0.05, 0.1) is 12.6 Å². The molecule has 0 saturated heterocycles. The van der Waals surface area contributed by atoms with Crippen molar-refractivity contribution in [1.82, 2.24) is 4.31 Å². The Hall–Kier alpha value is -1.35. The number of nitrogens with two attached hydrogens (primary N) is 1. The zero-order valence-corrected chi connectivity index (χ0v) is 16.0. The minimum atomic E-state index is -3.71. The lowest BCUT2D eigenvalue weighted by atomic mass is 10.2. The third-order valence-corrected chi connectivity index (χ3v) is 5.32. The summed E-state index contributed by atoms with van der Waals surface area (Å²) in [4.78, 5) is 11.7. The lowest BCUT2D eigenvalue weighted by Crippen LogP contribution is -2.33. The van der Waals surface area contributed by atoms with Gasteiger partial charge in [0.15, 0.2) is 0 Å². The van der Waals surface area contributed by atoms with E-state index in [1.807, 2.05) is 0 Å². The largest absolute Gasteiger partial charge is 0.492 e. The van der Waals surface area contributed by atoms with Crippen LogP contribution in [0.25, 0.3) is 0 Å². The van der Waals surface area contributed by atoms with Crippen LogP contribution >= 0.6 is 12.4 Å². The molecule has 9 heteroatoms. The molecule has 0 heterocycles. The van der Waals surface area contributed by atoms with Crippen molar-refractivity contribution in [3.8, 4) is 5.75 Å². The highest BCUT2D eigenvalue weighted by molar-refractivity contribution is 7.89. The van der Waals surface area contributed by atoms with Gasteiger partial charge in [0.2, 0.25) is 15.9 Å². The van der Waals surface area contributed by atoms with Gasteiger partial charge in [-0.2, -0.15) is 4.31 Å². The first-order valence-corrected chi connectivity index (χ1v) is 9.05. The highest BCUT2D eigenvalue weighted by Crippen LogP contribution is 2.30. The van der Waals surface area contributed by atoms with Crippen LogP contribution in [0.2, 0.25) is 0 Å². The normalized spacial score (nSPS) is 12.4. The third kappa shape index (κ3) is 5.34. The summed E-state index contributed by atoms with van der Waals surface area (Å²) in [7, 11) is -3.71. The first-order valence-electron chi connectivity index (χ1n) is 7.61. The van der Waals surface area contributed by atoms with Crippen molar-refractivity contribution in [2.75, 3.05) is 25.0 Å². The van der Waals surface area contributed by atoms with Crippen LogP contribution < -0.4 is 15.8 Å². The summed E-state index contributed by atoms with van der Waals surface area (Å²) in [6.45, 7) is 7.90. The third-order valence-electron chi connectivity index (χ3n) is 3.25. The average Bonchev–Trinajstić information content (AvgIpc) is 2.49. The van der Waals surface area contributed by atoms with E-state index in [-0.39, 0.29) is 29.0 Å². The van der Waals surface area contributed by atoms with Gasteiger partial charge in [-0.1, -0.05) is 13.8 Å². The van der Waals surface area contributed by atoms with Crippen molar-refractivity contribution in [2.24, 2.45) is 5.73 Å². The van der Waals surface area contributed by atoms with E-state index in [1.165, 1.54) is 16.4 Å². The first-order chi connectivity index (χ1) is 10.8. The highest BCUT2D eigenvalue weighted by Gasteiger charge is 2.26. The Morgan fingerprint density at radius 1 is 1.29 bits per heavy atom. The molecule has 0 spiro atoms. The number of carbonyl (C=O) groups excluding carboxylic acids is 1. The van der Waals surface area contributed by atoms with Gasteiger partial charge in [-0.05, 0) is 32.0 Å². The maximum atomic E-state index is 12.8. The van der Waals surface area contributed by atoms with E-state index in [1.54, 1.807) is 33.8 Å². The summed E-state index contributed by atoms with van der Waals surface area (Å²) < 4.78 is 32.3. The molecule has 138 valence electrons. The number of ether oxygens (including phenoxy) is 1. The molecule has 24 heavy (non-hydrogen) atoms. The predicted molar refractivity (Wildman–Crippen MR) is 97.2 cm³/mol. The summed E-state index contributed by atoms with van der Waals surface area (Å²) >= 11 is 0. The van der Waals surface area contributed by atoms with Crippen LogP contribution in [-0.2, 0) is 14.8 Å². The maximum Gasteiger partial charge on any atom is 0.246 e. The molecule has 3 N–H and O–H groups in total. The molecule has 1 aromatic rings. The van der Waals surface area contributed by atoms with E-state index in [4.69, 9.17) is 10.5 Å². The molecule has 0 aliphatic heterocycles. The smallest absolute Gasteiger partial charge is 0.246 e. The molecule has 1 atom stereocenters. The number of amides is 1. The lowest BCUT2D eigenvalue weighted by molar-refractivity contribution is -0.117. The first kappa shape index (κ1) is 22.6. The van der Waals surface area contributed by atoms with Crippen molar-refractivity contribution in [3.63, 3.8) is 0 Å². The van der Waals surface area contributed by atoms with Crippen molar-refractivity contribution in [2.45, 2.75) is 38.6 Å². The zero-order valence-electron chi connectivity index (χ0n) is 14.4. The average molecular weight is 380 g/mol. The molecule has 0 saturated carbocycles. The molecule has 1 aromatic carbocycles. The second-order valence-electron chi connectivity index (χ2n) is 4.96. The minimum Gasteiger partial charge on any atom is -0.492 e. The van der Waals surface area contributed by atoms with Crippen molar-refractivity contribution in [1.29, 1.82) is 0 Å². The fourth-order valence-electron chi connectivity index (χ4n) is 2.02. The number of carbonyl (C=O) groups is 1. The van der Waals surface area contributed by atoms with Crippen molar-refractivity contribution in [3.05, 3.63) is 18.2 Å². The van der Waals surface area contributed by atoms with Crippen LogP contribution in [-0.4, -0.2) is 44.4 Å². The van der Waals surface area contributed by atoms with Crippen molar-refractivity contribution >= 4 is 34.0 Å². The van der Waals surface area contributed by atoms with Gasteiger partial charge < -0.3 is 15.8 Å². The molecule has 1 amide bonds. The van der Waals surface area contributed by atoms with Crippen LogP contribution in [0.4, 0.5) is 5.69 Å². The van der Waals surface area contributed by atoms with E-state index >= 15 is 0 Å². The molecule has 0 aliphatic carbocycles. The SMILES string of the molecule is CCOc1ccc(NC(=O)C(C)N)cc1S(=O)(=O)N(CC)CC.Cl. The minimum absolute atomic E-state index is 0. The highest BCUT2D eigenvalue weighted by atomic mass is 35.5. The lowest BCUT2D eigenvalue weighted by Gasteiger charge is -2.21. The number of hydrogen-bond donors (Lipinski definition) is 2. The van der Waals surface area contributed by atoms with Gasteiger partial charge in [0.25, 0.3) is 0 Å². The Morgan fingerprint density at radius 2 is 1.88 bits per heavy atom. The fraction of sp³-hybridized carbons (Fsp3) is 0.533.